The Morgan fingerprint density at radius 2 is 1.57 bits per heavy atom. The third kappa shape index (κ3) is 3.18. The van der Waals surface area contributed by atoms with Crippen LogP contribution in [0.5, 0.6) is 0 Å². The minimum atomic E-state index is -0.849. The largest absolute Gasteiger partial charge is 0.507 e. The number of hydrogen-bond donors (Lipinski definition) is 3. The minimum Gasteiger partial charge on any atom is -0.507 e. The molecular weight excluding hydrogens is 462 g/mol. The molecule has 5 aromatic rings. The lowest BCUT2D eigenvalue weighted by Gasteiger charge is -2.25. The van der Waals surface area contributed by atoms with Gasteiger partial charge in [0.05, 0.1) is 11.6 Å². The number of aromatic amines is 2. The predicted molar refractivity (Wildman–Crippen MR) is 138 cm³/mol. The van der Waals surface area contributed by atoms with Crippen molar-refractivity contribution in [2.24, 2.45) is 0 Å². The summed E-state index contributed by atoms with van der Waals surface area (Å²) in [6.07, 6.45) is 3.44. The number of ketones is 1. The van der Waals surface area contributed by atoms with Crippen LogP contribution in [0, 0.1) is 6.92 Å². The third-order valence-corrected chi connectivity index (χ3v) is 7.05. The highest BCUT2D eigenvalue weighted by Crippen LogP contribution is 2.45. The van der Waals surface area contributed by atoms with E-state index in [-0.39, 0.29) is 11.3 Å². The van der Waals surface area contributed by atoms with E-state index in [1.807, 2.05) is 61.5 Å². The highest BCUT2D eigenvalue weighted by Gasteiger charge is 2.48. The number of benzene rings is 3. The number of carbonyl (C=O) groups excluding carboxylic acids is 2. The van der Waals surface area contributed by atoms with Crippen molar-refractivity contribution < 1.29 is 14.7 Å². The molecule has 1 saturated heterocycles. The number of aliphatic hydroxyl groups excluding tert-OH is 1. The number of aryl methyl sites for hydroxylation is 1. The molecule has 6 nitrogen and oxygen atoms in total. The quantitative estimate of drug-likeness (QED) is 0.162. The Labute approximate surface area is 205 Å². The molecule has 6 rings (SSSR count). The van der Waals surface area contributed by atoms with Crippen molar-refractivity contribution in [2.75, 3.05) is 4.90 Å². The second kappa shape index (κ2) is 7.89. The van der Waals surface area contributed by atoms with Gasteiger partial charge in [0.2, 0.25) is 0 Å². The smallest absolute Gasteiger partial charge is 0.300 e. The van der Waals surface area contributed by atoms with Crippen LogP contribution in [0.25, 0.3) is 27.6 Å². The summed E-state index contributed by atoms with van der Waals surface area (Å²) in [5, 5.41) is 13.6. The van der Waals surface area contributed by atoms with Crippen LogP contribution in [0.3, 0.4) is 0 Å². The monoisotopic (exact) mass is 481 g/mol. The maximum Gasteiger partial charge on any atom is 0.300 e. The van der Waals surface area contributed by atoms with Crippen molar-refractivity contribution in [2.45, 2.75) is 13.0 Å². The number of rotatable bonds is 3. The number of anilines is 1. The zero-order valence-corrected chi connectivity index (χ0v) is 19.4. The van der Waals surface area contributed by atoms with Gasteiger partial charge >= 0.3 is 0 Å². The number of halogens is 1. The summed E-state index contributed by atoms with van der Waals surface area (Å²) >= 11 is 6.39. The van der Waals surface area contributed by atoms with Crippen LogP contribution in [0.1, 0.15) is 22.7 Å². The van der Waals surface area contributed by atoms with Gasteiger partial charge in [0.1, 0.15) is 5.76 Å². The molecule has 1 aliphatic rings. The minimum absolute atomic E-state index is 0.0289. The topological polar surface area (TPSA) is 89.2 Å². The molecule has 1 fully saturated rings. The number of H-pyrrole nitrogens is 2. The molecule has 1 unspecified atom stereocenters. The Morgan fingerprint density at radius 1 is 0.914 bits per heavy atom. The summed E-state index contributed by atoms with van der Waals surface area (Å²) in [6, 6.07) is 19.5. The number of para-hydroxylation sites is 2. The fourth-order valence-electron chi connectivity index (χ4n) is 4.86. The molecule has 3 aromatic carbocycles. The summed E-state index contributed by atoms with van der Waals surface area (Å²) < 4.78 is 0. The lowest BCUT2D eigenvalue weighted by atomic mass is 9.94. The second-order valence-electron chi connectivity index (χ2n) is 8.64. The maximum absolute atomic E-state index is 13.5. The Hall–Kier alpha value is -4.29. The van der Waals surface area contributed by atoms with Crippen molar-refractivity contribution in [3.63, 3.8) is 0 Å². The fourth-order valence-corrected chi connectivity index (χ4v) is 5.03. The number of fused-ring (bicyclic) bond motifs is 2. The number of nitrogens with zero attached hydrogens (tertiary/aromatic N) is 1. The molecule has 7 heteroatoms. The lowest BCUT2D eigenvalue weighted by molar-refractivity contribution is -0.132. The number of nitrogens with one attached hydrogen (secondary N) is 2. The molecule has 2 aromatic heterocycles. The molecular formula is C28H20ClN3O3. The molecule has 172 valence electrons. The summed E-state index contributed by atoms with van der Waals surface area (Å²) in [7, 11) is 0. The SMILES string of the molecule is Cc1ccc(N2C(=O)C(=O)/C(=C(/O)c3c[nH]c4ccccc34)C2c2c[nH]c3ccccc23)cc1Cl. The van der Waals surface area contributed by atoms with E-state index in [0.717, 1.165) is 27.4 Å². The second-order valence-corrected chi connectivity index (χ2v) is 9.05. The molecule has 0 spiro atoms. The van der Waals surface area contributed by atoms with E-state index in [1.165, 1.54) is 4.90 Å². The van der Waals surface area contributed by atoms with Gasteiger partial charge in [-0.05, 0) is 36.8 Å². The summed E-state index contributed by atoms with van der Waals surface area (Å²) in [6.45, 7) is 1.87. The van der Waals surface area contributed by atoms with Gasteiger partial charge < -0.3 is 15.1 Å². The van der Waals surface area contributed by atoms with Crippen LogP contribution >= 0.6 is 11.6 Å². The van der Waals surface area contributed by atoms with E-state index in [1.54, 1.807) is 24.5 Å². The van der Waals surface area contributed by atoms with Crippen LogP contribution in [-0.4, -0.2) is 26.8 Å². The van der Waals surface area contributed by atoms with Crippen molar-refractivity contribution in [1.82, 2.24) is 9.97 Å². The van der Waals surface area contributed by atoms with E-state index < -0.39 is 17.7 Å². The van der Waals surface area contributed by atoms with Crippen LogP contribution in [0.2, 0.25) is 5.02 Å². The van der Waals surface area contributed by atoms with Crippen molar-refractivity contribution >= 4 is 56.5 Å². The first-order chi connectivity index (χ1) is 17.0. The molecule has 3 N–H and O–H groups in total. The van der Waals surface area contributed by atoms with Gasteiger partial charge in [-0.25, -0.2) is 0 Å². The lowest BCUT2D eigenvalue weighted by Crippen LogP contribution is -2.29. The van der Waals surface area contributed by atoms with Crippen molar-refractivity contribution in [3.05, 3.63) is 106 Å². The molecule has 1 amide bonds. The number of hydrogen-bond acceptors (Lipinski definition) is 3. The van der Waals surface area contributed by atoms with Crippen molar-refractivity contribution in [1.29, 1.82) is 0 Å². The van der Waals surface area contributed by atoms with Gasteiger partial charge in [-0.1, -0.05) is 54.1 Å². The van der Waals surface area contributed by atoms with Crippen LogP contribution in [-0.2, 0) is 9.59 Å². The van der Waals surface area contributed by atoms with E-state index >= 15 is 0 Å². The first kappa shape index (κ1) is 21.3. The Kier molecular flexibility index (Phi) is 4.79. The zero-order valence-electron chi connectivity index (χ0n) is 18.7. The number of Topliss-reactive ketones (excluding diaryl/α,β-unsaturated/α-hetero) is 1. The summed E-state index contributed by atoms with van der Waals surface area (Å²) in [4.78, 5) is 34.7. The molecule has 1 atom stereocenters. The molecule has 0 radical (unpaired) electrons. The van der Waals surface area contributed by atoms with Gasteiger partial charge in [0, 0.05) is 56.0 Å². The predicted octanol–water partition coefficient (Wildman–Crippen LogP) is 6.24. The van der Waals surface area contributed by atoms with Gasteiger partial charge in [-0.3, -0.25) is 14.5 Å². The highest BCUT2D eigenvalue weighted by atomic mass is 35.5. The van der Waals surface area contributed by atoms with Gasteiger partial charge in [-0.15, -0.1) is 0 Å². The van der Waals surface area contributed by atoms with Crippen LogP contribution < -0.4 is 4.90 Å². The van der Waals surface area contributed by atoms with E-state index in [0.29, 0.717) is 21.8 Å². The summed E-state index contributed by atoms with van der Waals surface area (Å²) in [5.74, 6) is -1.70. The first-order valence-electron chi connectivity index (χ1n) is 11.2. The normalized spacial score (nSPS) is 17.7. The van der Waals surface area contributed by atoms with Crippen LogP contribution in [0.15, 0.2) is 84.7 Å². The average Bonchev–Trinajstić information content (AvgIpc) is 3.55. The van der Waals surface area contributed by atoms with E-state index in [2.05, 4.69) is 9.97 Å². The summed E-state index contributed by atoms with van der Waals surface area (Å²) in [5.41, 5.74) is 4.22. The van der Waals surface area contributed by atoms with E-state index in [9.17, 15) is 14.7 Å². The Balaban J connectivity index is 1.64. The molecule has 0 aliphatic carbocycles. The zero-order chi connectivity index (χ0) is 24.3. The molecule has 0 bridgehead atoms. The number of aliphatic hydroxyl groups is 1. The average molecular weight is 482 g/mol. The number of amides is 1. The molecule has 35 heavy (non-hydrogen) atoms. The van der Waals surface area contributed by atoms with Gasteiger partial charge in [0.25, 0.3) is 11.7 Å². The maximum atomic E-state index is 13.5. The fraction of sp³-hybridized carbons (Fsp3) is 0.0714. The number of aromatic nitrogens is 2. The van der Waals surface area contributed by atoms with Gasteiger partial charge in [-0.2, -0.15) is 0 Å². The third-order valence-electron chi connectivity index (χ3n) is 6.64. The van der Waals surface area contributed by atoms with Crippen molar-refractivity contribution in [3.8, 4) is 0 Å². The van der Waals surface area contributed by atoms with Crippen LogP contribution in [0.4, 0.5) is 5.69 Å². The first-order valence-corrected chi connectivity index (χ1v) is 11.5. The van der Waals surface area contributed by atoms with Gasteiger partial charge in [0.15, 0.2) is 0 Å². The Morgan fingerprint density at radius 3 is 2.31 bits per heavy atom. The van der Waals surface area contributed by atoms with E-state index in [4.69, 9.17) is 11.6 Å². The number of carbonyl (C=O) groups is 2. The standard InChI is InChI=1S/C28H20ClN3O3/c1-15-10-11-16(12-21(15)29)32-25(19-13-30-22-8-4-2-6-17(19)22)24(27(34)28(32)35)26(33)20-14-31-23-9-5-3-7-18(20)23/h2-14,25,30-31,33H,1H3/b26-24+. The molecule has 3 heterocycles. The highest BCUT2D eigenvalue weighted by molar-refractivity contribution is 6.52. The Bertz CT molecular complexity index is 1690. The molecule has 1 aliphatic heterocycles. The molecule has 0 saturated carbocycles.